The molecule has 166 valence electrons. The van der Waals surface area contributed by atoms with Gasteiger partial charge in [-0.3, -0.25) is 14.9 Å². The van der Waals surface area contributed by atoms with Crippen LogP contribution in [0.2, 0.25) is 0 Å². The van der Waals surface area contributed by atoms with Crippen LogP contribution in [0.4, 0.5) is 11.4 Å². The topological polar surface area (TPSA) is 136 Å². The van der Waals surface area contributed by atoms with Gasteiger partial charge >= 0.3 is 0 Å². The zero-order chi connectivity index (χ0) is 23.7. The maximum atomic E-state index is 12.6. The van der Waals surface area contributed by atoms with Gasteiger partial charge in [-0.25, -0.2) is 15.0 Å². The fourth-order valence-corrected chi connectivity index (χ4v) is 3.52. The Kier molecular flexibility index (Phi) is 5.15. The van der Waals surface area contributed by atoms with Crippen LogP contribution in [-0.2, 0) is 0 Å². The van der Waals surface area contributed by atoms with Gasteiger partial charge in [0.15, 0.2) is 5.82 Å². The van der Waals surface area contributed by atoms with Gasteiger partial charge in [0.2, 0.25) is 0 Å². The summed E-state index contributed by atoms with van der Waals surface area (Å²) in [5.74, 6) is -0.0424. The predicted octanol–water partition coefficient (Wildman–Crippen LogP) is 4.56. The molecule has 2 aromatic heterocycles. The second kappa shape index (κ2) is 8.43. The molecule has 0 spiro atoms. The highest BCUT2D eigenvalue weighted by Crippen LogP contribution is 2.27. The van der Waals surface area contributed by atoms with Gasteiger partial charge in [-0.1, -0.05) is 12.1 Å². The highest BCUT2D eigenvalue weighted by atomic mass is 16.6. The van der Waals surface area contributed by atoms with Crippen LogP contribution >= 0.6 is 0 Å². The van der Waals surface area contributed by atoms with Gasteiger partial charge in [-0.05, 0) is 48.0 Å². The SMILES string of the molecule is O=C(Nc1ccc(-c2nc3ccc([N+](=O)[O-])cc3n2O)cc1)c1ccc(-c2cncnc2)cc1. The van der Waals surface area contributed by atoms with Gasteiger partial charge < -0.3 is 10.5 Å². The van der Waals surface area contributed by atoms with Crippen molar-refractivity contribution in [2.75, 3.05) is 5.32 Å². The largest absolute Gasteiger partial charge is 0.426 e. The van der Waals surface area contributed by atoms with E-state index in [2.05, 4.69) is 20.3 Å². The van der Waals surface area contributed by atoms with Crippen LogP contribution in [0.15, 0.2) is 85.5 Å². The Labute approximate surface area is 192 Å². The van der Waals surface area contributed by atoms with Crippen molar-refractivity contribution >= 4 is 28.3 Å². The van der Waals surface area contributed by atoms with E-state index in [1.807, 2.05) is 12.1 Å². The third-order valence-corrected chi connectivity index (χ3v) is 5.27. The standard InChI is InChI=1S/C24H16N6O4/c31-24(17-3-1-15(2-4-17)18-12-25-14-26-13-18)27-19-7-5-16(6-8-19)23-28-21-10-9-20(30(33)34)11-22(21)29(23)32/h1-14,32H,(H,27,31). The maximum absolute atomic E-state index is 12.6. The van der Waals surface area contributed by atoms with E-state index in [0.717, 1.165) is 15.9 Å². The maximum Gasteiger partial charge on any atom is 0.271 e. The molecule has 0 atom stereocenters. The van der Waals surface area contributed by atoms with Crippen molar-refractivity contribution in [1.29, 1.82) is 0 Å². The average Bonchev–Trinajstić information content (AvgIpc) is 3.21. The number of imidazole rings is 1. The summed E-state index contributed by atoms with van der Waals surface area (Å²) in [6, 6.07) is 17.9. The summed E-state index contributed by atoms with van der Waals surface area (Å²) in [5, 5.41) is 24.3. The fourth-order valence-electron chi connectivity index (χ4n) is 3.52. The van der Waals surface area contributed by atoms with Crippen LogP contribution in [0.25, 0.3) is 33.5 Å². The van der Waals surface area contributed by atoms with E-state index in [1.165, 1.54) is 24.5 Å². The molecule has 0 saturated heterocycles. The molecule has 0 saturated carbocycles. The van der Waals surface area contributed by atoms with Crippen LogP contribution in [0.3, 0.4) is 0 Å². The molecular formula is C24H16N6O4. The van der Waals surface area contributed by atoms with Crippen LogP contribution in [-0.4, -0.2) is 35.7 Å². The minimum atomic E-state index is -0.535. The Morgan fingerprint density at radius 3 is 2.26 bits per heavy atom. The number of nitro groups is 1. The number of rotatable bonds is 5. The number of carbonyl (C=O) groups is 1. The highest BCUT2D eigenvalue weighted by Gasteiger charge is 2.16. The number of non-ortho nitro benzene ring substituents is 1. The molecule has 0 fully saturated rings. The van der Waals surface area contributed by atoms with Gasteiger partial charge in [0.25, 0.3) is 11.6 Å². The van der Waals surface area contributed by atoms with Gasteiger partial charge in [-0.15, -0.1) is 0 Å². The molecule has 0 bridgehead atoms. The van der Waals surface area contributed by atoms with Crippen molar-refractivity contribution in [2.45, 2.75) is 0 Å². The first-order chi connectivity index (χ1) is 16.5. The summed E-state index contributed by atoms with van der Waals surface area (Å²) in [7, 11) is 0. The minimum absolute atomic E-state index is 0.141. The highest BCUT2D eigenvalue weighted by molar-refractivity contribution is 6.04. The number of hydrogen-bond acceptors (Lipinski definition) is 7. The number of amides is 1. The predicted molar refractivity (Wildman–Crippen MR) is 124 cm³/mol. The van der Waals surface area contributed by atoms with Crippen molar-refractivity contribution in [2.24, 2.45) is 0 Å². The van der Waals surface area contributed by atoms with E-state index in [9.17, 15) is 20.1 Å². The van der Waals surface area contributed by atoms with Crippen molar-refractivity contribution in [1.82, 2.24) is 19.7 Å². The van der Waals surface area contributed by atoms with Crippen LogP contribution in [0, 0.1) is 10.1 Å². The average molecular weight is 452 g/mol. The molecule has 5 rings (SSSR count). The monoisotopic (exact) mass is 452 g/mol. The van der Waals surface area contributed by atoms with E-state index in [0.29, 0.717) is 22.3 Å². The normalized spacial score (nSPS) is 10.8. The van der Waals surface area contributed by atoms with Crippen molar-refractivity contribution in [3.8, 4) is 22.5 Å². The van der Waals surface area contributed by atoms with E-state index < -0.39 is 4.92 Å². The lowest BCUT2D eigenvalue weighted by Crippen LogP contribution is -2.11. The van der Waals surface area contributed by atoms with Gasteiger partial charge in [-0.2, -0.15) is 4.73 Å². The Morgan fingerprint density at radius 1 is 0.912 bits per heavy atom. The summed E-state index contributed by atoms with van der Waals surface area (Å²) in [4.78, 5) is 35.4. The number of nitrogens with one attached hydrogen (secondary N) is 1. The Morgan fingerprint density at radius 2 is 1.59 bits per heavy atom. The molecule has 2 heterocycles. The third-order valence-electron chi connectivity index (χ3n) is 5.27. The van der Waals surface area contributed by atoms with Crippen molar-refractivity contribution in [3.05, 3.63) is 101 Å². The summed E-state index contributed by atoms with van der Waals surface area (Å²) in [6.45, 7) is 0. The molecule has 0 aliphatic carbocycles. The Bertz CT molecular complexity index is 1510. The number of nitro benzene ring substituents is 1. The Balaban J connectivity index is 1.33. The van der Waals surface area contributed by atoms with Gasteiger partial charge in [0, 0.05) is 46.9 Å². The minimum Gasteiger partial charge on any atom is -0.426 e. The van der Waals surface area contributed by atoms with Gasteiger partial charge in [0.05, 0.1) is 10.4 Å². The first-order valence-electron chi connectivity index (χ1n) is 10.1. The van der Waals surface area contributed by atoms with Gasteiger partial charge in [0.1, 0.15) is 11.8 Å². The zero-order valence-electron chi connectivity index (χ0n) is 17.5. The van der Waals surface area contributed by atoms with E-state index in [1.54, 1.807) is 48.8 Å². The first kappa shape index (κ1) is 20.8. The molecule has 10 nitrogen and oxygen atoms in total. The first-order valence-corrected chi connectivity index (χ1v) is 10.1. The smallest absolute Gasteiger partial charge is 0.271 e. The van der Waals surface area contributed by atoms with Crippen molar-refractivity contribution < 1.29 is 14.9 Å². The van der Waals surface area contributed by atoms with E-state index >= 15 is 0 Å². The summed E-state index contributed by atoms with van der Waals surface area (Å²) in [6.07, 6.45) is 4.86. The summed E-state index contributed by atoms with van der Waals surface area (Å²) < 4.78 is 0.815. The van der Waals surface area contributed by atoms with Crippen LogP contribution in [0.5, 0.6) is 0 Å². The number of nitrogens with zero attached hydrogens (tertiary/aromatic N) is 5. The number of fused-ring (bicyclic) bond motifs is 1. The molecule has 0 aliphatic heterocycles. The molecule has 5 aromatic rings. The molecule has 2 N–H and O–H groups in total. The third kappa shape index (κ3) is 3.91. The molecule has 34 heavy (non-hydrogen) atoms. The lowest BCUT2D eigenvalue weighted by Gasteiger charge is -2.07. The molecule has 1 amide bonds. The number of aromatic nitrogens is 4. The molecule has 10 heteroatoms. The second-order valence-corrected chi connectivity index (χ2v) is 7.41. The summed E-state index contributed by atoms with van der Waals surface area (Å²) >= 11 is 0. The fraction of sp³-hybridized carbons (Fsp3) is 0. The molecule has 3 aromatic carbocycles. The van der Waals surface area contributed by atoms with E-state index in [-0.39, 0.29) is 22.9 Å². The number of carbonyl (C=O) groups excluding carboxylic acids is 1. The second-order valence-electron chi connectivity index (χ2n) is 7.41. The molecule has 0 radical (unpaired) electrons. The summed E-state index contributed by atoms with van der Waals surface area (Å²) in [5.41, 5.74) is 3.89. The zero-order valence-corrected chi connectivity index (χ0v) is 17.5. The van der Waals surface area contributed by atoms with Crippen LogP contribution < -0.4 is 5.32 Å². The Hall–Kier alpha value is -5.12. The number of hydrogen-bond donors (Lipinski definition) is 2. The molecular weight excluding hydrogens is 436 g/mol. The van der Waals surface area contributed by atoms with Crippen LogP contribution in [0.1, 0.15) is 10.4 Å². The molecule has 0 unspecified atom stereocenters. The van der Waals surface area contributed by atoms with E-state index in [4.69, 9.17) is 0 Å². The van der Waals surface area contributed by atoms with Crippen molar-refractivity contribution in [3.63, 3.8) is 0 Å². The molecule has 0 aliphatic rings. The quantitative estimate of drug-likeness (QED) is 0.227. The number of anilines is 1. The number of benzene rings is 3. The lowest BCUT2D eigenvalue weighted by molar-refractivity contribution is -0.384. The lowest BCUT2D eigenvalue weighted by atomic mass is 10.1.